The normalized spacial score (nSPS) is 20.2. The largest absolute Gasteiger partial charge is 0.361 e. The van der Waals surface area contributed by atoms with Gasteiger partial charge in [-0.1, -0.05) is 5.16 Å². The third-order valence-electron chi connectivity index (χ3n) is 2.98. The number of nitrogens with one attached hydrogen (secondary N) is 1. The summed E-state index contributed by atoms with van der Waals surface area (Å²) < 4.78 is 5.10. The Morgan fingerprint density at radius 3 is 2.83 bits per heavy atom. The Kier molecular flexibility index (Phi) is 3.32. The SMILES string of the molecule is Cc1cc(C2CCCN2C(=O)NC(C)(C)C)no1. The van der Waals surface area contributed by atoms with E-state index >= 15 is 0 Å². The lowest BCUT2D eigenvalue weighted by Crippen LogP contribution is -2.48. The quantitative estimate of drug-likeness (QED) is 0.834. The summed E-state index contributed by atoms with van der Waals surface area (Å²) in [5.41, 5.74) is 0.637. The zero-order valence-electron chi connectivity index (χ0n) is 11.5. The highest BCUT2D eigenvalue weighted by atomic mass is 16.5. The minimum atomic E-state index is -0.218. The first-order valence-corrected chi connectivity index (χ1v) is 6.39. The van der Waals surface area contributed by atoms with Gasteiger partial charge in [0.25, 0.3) is 0 Å². The summed E-state index contributed by atoms with van der Waals surface area (Å²) in [5.74, 6) is 0.785. The fourth-order valence-electron chi connectivity index (χ4n) is 2.25. The number of likely N-dealkylation sites (tertiary alicyclic amines) is 1. The number of hydrogen-bond acceptors (Lipinski definition) is 3. The van der Waals surface area contributed by atoms with Gasteiger partial charge < -0.3 is 14.7 Å². The molecule has 1 aromatic rings. The van der Waals surface area contributed by atoms with Crippen LogP contribution in [0.5, 0.6) is 0 Å². The molecule has 1 N–H and O–H groups in total. The molecule has 5 heteroatoms. The van der Waals surface area contributed by atoms with Gasteiger partial charge in [0, 0.05) is 18.2 Å². The average molecular weight is 251 g/mol. The van der Waals surface area contributed by atoms with Gasteiger partial charge in [-0.2, -0.15) is 0 Å². The van der Waals surface area contributed by atoms with Crippen LogP contribution in [0.25, 0.3) is 0 Å². The molecule has 100 valence electrons. The lowest BCUT2D eigenvalue weighted by molar-refractivity contribution is 0.181. The molecule has 0 bridgehead atoms. The molecular weight excluding hydrogens is 230 g/mol. The molecule has 1 aromatic heterocycles. The maximum absolute atomic E-state index is 12.2. The van der Waals surface area contributed by atoms with Crippen molar-refractivity contribution in [3.63, 3.8) is 0 Å². The lowest BCUT2D eigenvalue weighted by atomic mass is 10.1. The Morgan fingerprint density at radius 2 is 2.28 bits per heavy atom. The monoisotopic (exact) mass is 251 g/mol. The molecule has 0 saturated carbocycles. The fourth-order valence-corrected chi connectivity index (χ4v) is 2.25. The van der Waals surface area contributed by atoms with E-state index in [4.69, 9.17) is 4.52 Å². The van der Waals surface area contributed by atoms with Crippen LogP contribution in [0.2, 0.25) is 0 Å². The highest BCUT2D eigenvalue weighted by Crippen LogP contribution is 2.31. The van der Waals surface area contributed by atoms with Gasteiger partial charge in [0.15, 0.2) is 0 Å². The topological polar surface area (TPSA) is 58.4 Å². The maximum atomic E-state index is 12.2. The second-order valence-electron chi connectivity index (χ2n) is 5.89. The summed E-state index contributed by atoms with van der Waals surface area (Å²) in [6.45, 7) is 8.59. The van der Waals surface area contributed by atoms with Gasteiger partial charge in [-0.15, -0.1) is 0 Å². The highest BCUT2D eigenvalue weighted by Gasteiger charge is 2.33. The van der Waals surface area contributed by atoms with Gasteiger partial charge in [0.2, 0.25) is 0 Å². The number of hydrogen-bond donors (Lipinski definition) is 1. The van der Waals surface area contributed by atoms with Crippen LogP contribution in [0, 0.1) is 6.92 Å². The first-order chi connectivity index (χ1) is 8.37. The van der Waals surface area contributed by atoms with E-state index in [0.717, 1.165) is 30.8 Å². The number of nitrogens with zero attached hydrogens (tertiary/aromatic N) is 2. The Balaban J connectivity index is 2.10. The zero-order valence-corrected chi connectivity index (χ0v) is 11.5. The second kappa shape index (κ2) is 4.63. The van der Waals surface area contributed by atoms with Crippen molar-refractivity contribution in [2.24, 2.45) is 0 Å². The average Bonchev–Trinajstić information content (AvgIpc) is 2.81. The van der Waals surface area contributed by atoms with E-state index in [1.807, 2.05) is 38.7 Å². The number of amides is 2. The molecule has 1 unspecified atom stereocenters. The van der Waals surface area contributed by atoms with Crippen molar-refractivity contribution in [3.8, 4) is 0 Å². The summed E-state index contributed by atoms with van der Waals surface area (Å²) in [5, 5.41) is 7.03. The van der Waals surface area contributed by atoms with Crippen LogP contribution >= 0.6 is 0 Å². The minimum absolute atomic E-state index is 0.0225. The van der Waals surface area contributed by atoms with Gasteiger partial charge in [-0.05, 0) is 40.5 Å². The first-order valence-electron chi connectivity index (χ1n) is 6.39. The Hall–Kier alpha value is -1.52. The molecule has 1 aliphatic heterocycles. The third-order valence-corrected chi connectivity index (χ3v) is 2.98. The standard InChI is InChI=1S/C13H21N3O2/c1-9-8-10(15-18-9)11-6-5-7-16(11)12(17)14-13(2,3)4/h8,11H,5-7H2,1-4H3,(H,14,17). The zero-order chi connectivity index (χ0) is 13.3. The summed E-state index contributed by atoms with van der Waals surface area (Å²) in [7, 11) is 0. The number of aryl methyl sites for hydroxylation is 1. The molecule has 2 heterocycles. The smallest absolute Gasteiger partial charge is 0.318 e. The molecule has 1 saturated heterocycles. The van der Waals surface area contributed by atoms with Crippen molar-refractivity contribution in [1.82, 2.24) is 15.4 Å². The van der Waals surface area contributed by atoms with E-state index in [1.54, 1.807) is 0 Å². The molecule has 1 fully saturated rings. The summed E-state index contributed by atoms with van der Waals surface area (Å²) in [6.07, 6.45) is 1.96. The van der Waals surface area contributed by atoms with Crippen LogP contribution in [0.3, 0.4) is 0 Å². The Labute approximate surface area is 108 Å². The predicted octanol–water partition coefficient (Wildman–Crippen LogP) is 2.63. The minimum Gasteiger partial charge on any atom is -0.361 e. The van der Waals surface area contributed by atoms with Crippen LogP contribution < -0.4 is 5.32 Å². The van der Waals surface area contributed by atoms with E-state index in [-0.39, 0.29) is 17.6 Å². The van der Waals surface area contributed by atoms with Crippen LogP contribution in [-0.2, 0) is 0 Å². The molecule has 5 nitrogen and oxygen atoms in total. The number of carbonyl (C=O) groups is 1. The van der Waals surface area contributed by atoms with Crippen molar-refractivity contribution in [1.29, 1.82) is 0 Å². The van der Waals surface area contributed by atoms with Gasteiger partial charge in [-0.3, -0.25) is 0 Å². The molecule has 2 rings (SSSR count). The molecule has 1 atom stereocenters. The van der Waals surface area contributed by atoms with Crippen LogP contribution in [0.1, 0.15) is 51.1 Å². The van der Waals surface area contributed by atoms with E-state index in [9.17, 15) is 4.79 Å². The summed E-state index contributed by atoms with van der Waals surface area (Å²) >= 11 is 0. The van der Waals surface area contributed by atoms with E-state index < -0.39 is 0 Å². The van der Waals surface area contributed by atoms with Gasteiger partial charge in [0.1, 0.15) is 11.5 Å². The number of rotatable bonds is 1. The molecule has 2 amide bonds. The molecule has 0 aromatic carbocycles. The molecule has 0 aliphatic carbocycles. The van der Waals surface area contributed by atoms with E-state index in [2.05, 4.69) is 10.5 Å². The first kappa shape index (κ1) is 12.9. The van der Waals surface area contributed by atoms with Crippen molar-refractivity contribution >= 4 is 6.03 Å². The van der Waals surface area contributed by atoms with Crippen LogP contribution in [-0.4, -0.2) is 28.2 Å². The molecule has 0 spiro atoms. The second-order valence-corrected chi connectivity index (χ2v) is 5.89. The van der Waals surface area contributed by atoms with Crippen molar-refractivity contribution < 1.29 is 9.32 Å². The fraction of sp³-hybridized carbons (Fsp3) is 0.692. The van der Waals surface area contributed by atoms with Crippen molar-refractivity contribution in [3.05, 3.63) is 17.5 Å². The molecule has 1 aliphatic rings. The van der Waals surface area contributed by atoms with E-state index in [1.165, 1.54) is 0 Å². The Morgan fingerprint density at radius 1 is 1.56 bits per heavy atom. The lowest BCUT2D eigenvalue weighted by Gasteiger charge is -2.28. The Bertz CT molecular complexity index is 434. The van der Waals surface area contributed by atoms with Crippen LogP contribution in [0.15, 0.2) is 10.6 Å². The molecule has 18 heavy (non-hydrogen) atoms. The predicted molar refractivity (Wildman–Crippen MR) is 68.2 cm³/mol. The summed E-state index contributed by atoms with van der Waals surface area (Å²) in [6, 6.07) is 1.93. The molecular formula is C13H21N3O2. The van der Waals surface area contributed by atoms with Gasteiger partial charge in [-0.25, -0.2) is 4.79 Å². The highest BCUT2D eigenvalue weighted by molar-refractivity contribution is 5.75. The van der Waals surface area contributed by atoms with Gasteiger partial charge >= 0.3 is 6.03 Å². The van der Waals surface area contributed by atoms with Gasteiger partial charge in [0.05, 0.1) is 6.04 Å². The number of aromatic nitrogens is 1. The van der Waals surface area contributed by atoms with E-state index in [0.29, 0.717) is 0 Å². The van der Waals surface area contributed by atoms with Crippen molar-refractivity contribution in [2.75, 3.05) is 6.54 Å². The van der Waals surface area contributed by atoms with Crippen LogP contribution in [0.4, 0.5) is 4.79 Å². The third kappa shape index (κ3) is 2.83. The molecule has 0 radical (unpaired) electrons. The number of urea groups is 1. The van der Waals surface area contributed by atoms with Crippen molar-refractivity contribution in [2.45, 2.75) is 52.1 Å². The maximum Gasteiger partial charge on any atom is 0.318 e. The summed E-state index contributed by atoms with van der Waals surface area (Å²) in [4.78, 5) is 14.1. The number of carbonyl (C=O) groups excluding carboxylic acids is 1.